The van der Waals surface area contributed by atoms with Gasteiger partial charge in [0, 0.05) is 13.1 Å². The van der Waals surface area contributed by atoms with E-state index in [1.807, 2.05) is 0 Å². The summed E-state index contributed by atoms with van der Waals surface area (Å²) in [6.07, 6.45) is 15.2. The molecule has 0 aromatic rings. The van der Waals surface area contributed by atoms with Gasteiger partial charge in [0.15, 0.2) is 0 Å². The van der Waals surface area contributed by atoms with Crippen molar-refractivity contribution in [1.29, 1.82) is 0 Å². The number of amides is 1. The van der Waals surface area contributed by atoms with E-state index in [1.165, 1.54) is 44.1 Å². The summed E-state index contributed by atoms with van der Waals surface area (Å²) in [7, 11) is 0. The molecule has 90 valence electrons. The number of hydrogen-bond acceptors (Lipinski definition) is 1. The van der Waals surface area contributed by atoms with Crippen LogP contribution in [-0.2, 0) is 4.79 Å². The molecule has 0 N–H and O–H groups in total. The zero-order chi connectivity index (χ0) is 11.6. The van der Waals surface area contributed by atoms with Gasteiger partial charge in [0.1, 0.15) is 0 Å². The van der Waals surface area contributed by atoms with E-state index in [9.17, 15) is 4.79 Å². The van der Waals surface area contributed by atoms with Crippen LogP contribution >= 0.6 is 0 Å². The van der Waals surface area contributed by atoms with Crippen LogP contribution in [0.2, 0.25) is 0 Å². The smallest absolute Gasteiger partial charge is 0.209 e. The minimum atomic E-state index is 0.924. The molecule has 0 atom stereocenters. The van der Waals surface area contributed by atoms with Crippen molar-refractivity contribution in [2.24, 2.45) is 0 Å². The number of rotatable bonds is 3. The van der Waals surface area contributed by atoms with Crippen LogP contribution in [0.1, 0.15) is 45.4 Å². The normalized spacial score (nSPS) is 18.8. The van der Waals surface area contributed by atoms with Gasteiger partial charge in [-0.2, -0.15) is 0 Å². The molecule has 2 rings (SSSR count). The molecule has 1 aliphatic heterocycles. The molecule has 1 fully saturated rings. The molecule has 0 aromatic heterocycles. The second-order valence-electron chi connectivity index (χ2n) is 4.36. The minimum Gasteiger partial charge on any atom is -0.345 e. The first-order valence-electron chi connectivity index (χ1n) is 6.41. The van der Waals surface area contributed by atoms with E-state index < -0.39 is 0 Å². The predicted octanol–water partition coefficient (Wildman–Crippen LogP) is 3.30. The Morgan fingerprint density at radius 3 is 2.50 bits per heavy atom. The molecule has 2 nitrogen and oxygen atoms in total. The van der Waals surface area contributed by atoms with Crippen LogP contribution in [0.25, 0.3) is 0 Å². The molecular weight excluding hydrogens is 198 g/mol. The molecule has 0 spiro atoms. The zero-order valence-electron chi connectivity index (χ0n) is 10.3. The fourth-order valence-corrected chi connectivity index (χ4v) is 1.99. The zero-order valence-corrected chi connectivity index (χ0v) is 10.3. The standard InChI is InChI=1S/C9H14.C5H9NO/c1-2-6-9-7-4-3-5-8-9;7-5-6-3-1-2-4-6/h4,7-8H,2-3,5-6H2,1H3;5H,1-4H2. The number of carbonyl (C=O) groups excluding carboxylic acids is 1. The van der Waals surface area contributed by atoms with Crippen LogP contribution in [0, 0.1) is 0 Å². The van der Waals surface area contributed by atoms with Gasteiger partial charge in [0.05, 0.1) is 0 Å². The van der Waals surface area contributed by atoms with Crippen LogP contribution in [0.5, 0.6) is 0 Å². The molecule has 1 saturated heterocycles. The molecule has 2 heteroatoms. The summed E-state index contributed by atoms with van der Waals surface area (Å²) >= 11 is 0. The molecule has 0 saturated carbocycles. The molecular formula is C14H23NO. The van der Waals surface area contributed by atoms with Crippen LogP contribution in [0.15, 0.2) is 23.8 Å². The topological polar surface area (TPSA) is 20.3 Å². The van der Waals surface area contributed by atoms with Gasteiger partial charge in [0.25, 0.3) is 0 Å². The molecule has 1 heterocycles. The Balaban J connectivity index is 0.000000165. The van der Waals surface area contributed by atoms with Crippen LogP contribution in [0.3, 0.4) is 0 Å². The van der Waals surface area contributed by atoms with Crippen molar-refractivity contribution in [2.45, 2.75) is 45.4 Å². The fraction of sp³-hybridized carbons (Fsp3) is 0.643. The van der Waals surface area contributed by atoms with E-state index in [2.05, 4.69) is 25.2 Å². The second-order valence-corrected chi connectivity index (χ2v) is 4.36. The Kier molecular flexibility index (Phi) is 6.62. The summed E-state index contributed by atoms with van der Waals surface area (Å²) in [6.45, 7) is 4.18. The highest BCUT2D eigenvalue weighted by Crippen LogP contribution is 2.13. The predicted molar refractivity (Wildman–Crippen MR) is 68.2 cm³/mol. The van der Waals surface area contributed by atoms with E-state index in [-0.39, 0.29) is 0 Å². The highest BCUT2D eigenvalue weighted by Gasteiger charge is 2.06. The molecule has 2 aliphatic rings. The van der Waals surface area contributed by atoms with Gasteiger partial charge in [-0.1, -0.05) is 37.1 Å². The summed E-state index contributed by atoms with van der Waals surface area (Å²) in [6, 6.07) is 0. The first kappa shape index (κ1) is 13.0. The molecule has 1 aliphatic carbocycles. The lowest BCUT2D eigenvalue weighted by Gasteiger charge is -2.03. The lowest BCUT2D eigenvalue weighted by molar-refractivity contribution is -0.117. The Labute approximate surface area is 99.0 Å². The summed E-state index contributed by atoms with van der Waals surface area (Å²) in [5.74, 6) is 0. The largest absolute Gasteiger partial charge is 0.345 e. The molecule has 0 aromatic carbocycles. The Morgan fingerprint density at radius 2 is 2.06 bits per heavy atom. The molecule has 1 amide bonds. The van der Waals surface area contributed by atoms with Crippen molar-refractivity contribution in [1.82, 2.24) is 4.90 Å². The van der Waals surface area contributed by atoms with Crippen LogP contribution in [0.4, 0.5) is 0 Å². The summed E-state index contributed by atoms with van der Waals surface area (Å²) < 4.78 is 0. The van der Waals surface area contributed by atoms with Gasteiger partial charge in [-0.25, -0.2) is 0 Å². The summed E-state index contributed by atoms with van der Waals surface area (Å²) in [5.41, 5.74) is 1.53. The SMILES string of the molecule is CCCC1=CCCC=C1.O=CN1CCCC1. The van der Waals surface area contributed by atoms with Gasteiger partial charge < -0.3 is 4.90 Å². The average molecular weight is 221 g/mol. The van der Waals surface area contributed by atoms with E-state index in [4.69, 9.17) is 0 Å². The van der Waals surface area contributed by atoms with Gasteiger partial charge in [-0.05, 0) is 32.1 Å². The van der Waals surface area contributed by atoms with Crippen LogP contribution < -0.4 is 0 Å². The van der Waals surface area contributed by atoms with E-state index in [0.29, 0.717) is 0 Å². The number of carbonyl (C=O) groups is 1. The molecule has 0 bridgehead atoms. The van der Waals surface area contributed by atoms with Crippen molar-refractivity contribution in [2.75, 3.05) is 13.1 Å². The van der Waals surface area contributed by atoms with Crippen molar-refractivity contribution in [3.05, 3.63) is 23.8 Å². The Morgan fingerprint density at radius 1 is 1.31 bits per heavy atom. The first-order valence-corrected chi connectivity index (χ1v) is 6.41. The fourth-order valence-electron chi connectivity index (χ4n) is 1.99. The third-order valence-electron chi connectivity index (χ3n) is 2.90. The van der Waals surface area contributed by atoms with Gasteiger partial charge >= 0.3 is 0 Å². The third kappa shape index (κ3) is 5.15. The van der Waals surface area contributed by atoms with Gasteiger partial charge in [-0.3, -0.25) is 4.79 Å². The molecule has 16 heavy (non-hydrogen) atoms. The van der Waals surface area contributed by atoms with Gasteiger partial charge in [0.2, 0.25) is 6.41 Å². The van der Waals surface area contributed by atoms with Crippen molar-refractivity contribution in [3.8, 4) is 0 Å². The van der Waals surface area contributed by atoms with E-state index in [1.54, 1.807) is 4.90 Å². The van der Waals surface area contributed by atoms with Crippen LogP contribution in [-0.4, -0.2) is 24.4 Å². The van der Waals surface area contributed by atoms with E-state index in [0.717, 1.165) is 19.5 Å². The number of hydrogen-bond donors (Lipinski definition) is 0. The van der Waals surface area contributed by atoms with E-state index >= 15 is 0 Å². The monoisotopic (exact) mass is 221 g/mol. The summed E-state index contributed by atoms with van der Waals surface area (Å²) in [5, 5.41) is 0. The highest BCUT2D eigenvalue weighted by atomic mass is 16.1. The average Bonchev–Trinajstić information content (AvgIpc) is 2.84. The lowest BCUT2D eigenvalue weighted by Crippen LogP contribution is -2.15. The maximum Gasteiger partial charge on any atom is 0.209 e. The Bertz CT molecular complexity index is 249. The maximum atomic E-state index is 9.93. The summed E-state index contributed by atoms with van der Waals surface area (Å²) in [4.78, 5) is 11.7. The van der Waals surface area contributed by atoms with Crippen molar-refractivity contribution < 1.29 is 4.79 Å². The quantitative estimate of drug-likeness (QED) is 0.670. The molecule has 0 radical (unpaired) electrons. The second kappa shape index (κ2) is 8.14. The van der Waals surface area contributed by atoms with Crippen molar-refractivity contribution >= 4 is 6.41 Å². The third-order valence-corrected chi connectivity index (χ3v) is 2.90. The number of likely N-dealkylation sites (tertiary alicyclic amines) is 1. The molecule has 0 unspecified atom stereocenters. The Hall–Kier alpha value is -1.05. The highest BCUT2D eigenvalue weighted by molar-refractivity contribution is 5.47. The van der Waals surface area contributed by atoms with Crippen molar-refractivity contribution in [3.63, 3.8) is 0 Å². The number of nitrogens with zero attached hydrogens (tertiary/aromatic N) is 1. The van der Waals surface area contributed by atoms with Gasteiger partial charge in [-0.15, -0.1) is 0 Å². The number of allylic oxidation sites excluding steroid dienone is 4. The maximum absolute atomic E-state index is 9.93. The lowest BCUT2D eigenvalue weighted by atomic mass is 10.0. The minimum absolute atomic E-state index is 0.924. The first-order chi connectivity index (χ1) is 7.86.